The molecule has 2 nitrogen and oxygen atoms in total. The zero-order valence-electron chi connectivity index (χ0n) is 8.44. The van der Waals surface area contributed by atoms with Crippen LogP contribution in [0.15, 0.2) is 30.3 Å². The molecule has 1 saturated heterocycles. The first kappa shape index (κ1) is 9.41. The van der Waals surface area contributed by atoms with Crippen molar-refractivity contribution >= 4 is 5.78 Å². The number of hydrogen-bond acceptors (Lipinski definition) is 2. The number of Topliss-reactive ketones (excluding diaryl/α,β-unsaturated/α-hetero) is 1. The van der Waals surface area contributed by atoms with E-state index in [2.05, 4.69) is 4.90 Å². The summed E-state index contributed by atoms with van der Waals surface area (Å²) in [7, 11) is 2.02. The first-order valence-electron chi connectivity index (χ1n) is 5.07. The van der Waals surface area contributed by atoms with Gasteiger partial charge in [0, 0.05) is 6.42 Å². The lowest BCUT2D eigenvalue weighted by atomic mass is 9.95. The Bertz CT molecular complexity index is 320. The summed E-state index contributed by atoms with van der Waals surface area (Å²) in [6.45, 7) is 1.02. The molecule has 0 aromatic heterocycles. The largest absolute Gasteiger partial charge is 0.298 e. The summed E-state index contributed by atoms with van der Waals surface area (Å²) in [6, 6.07) is 10.0. The minimum atomic E-state index is -0.00931. The first-order valence-corrected chi connectivity index (χ1v) is 5.07. The fourth-order valence-corrected chi connectivity index (χ4v) is 2.09. The van der Waals surface area contributed by atoms with Crippen LogP contribution in [0.1, 0.15) is 24.4 Å². The van der Waals surface area contributed by atoms with Gasteiger partial charge in [0.15, 0.2) is 5.78 Å². The molecule has 0 radical (unpaired) electrons. The zero-order valence-corrected chi connectivity index (χ0v) is 8.44. The van der Waals surface area contributed by atoms with E-state index in [0.717, 1.165) is 24.9 Å². The third-order valence-corrected chi connectivity index (χ3v) is 2.80. The van der Waals surface area contributed by atoms with Gasteiger partial charge in [-0.1, -0.05) is 30.3 Å². The van der Waals surface area contributed by atoms with Gasteiger partial charge in [-0.05, 0) is 25.6 Å². The standard InChI is InChI=1S/C12H15NO/c1-13-9-5-8-11(14)12(13)10-6-3-2-4-7-10/h2-4,6-7,12H,5,8-9H2,1H3/t12-/m1/s1. The van der Waals surface area contributed by atoms with Gasteiger partial charge in [0.05, 0.1) is 6.04 Å². The smallest absolute Gasteiger partial charge is 0.154 e. The van der Waals surface area contributed by atoms with Gasteiger partial charge in [-0.3, -0.25) is 9.69 Å². The Morgan fingerprint density at radius 3 is 2.64 bits per heavy atom. The molecular formula is C12H15NO. The van der Waals surface area contributed by atoms with Gasteiger partial charge in [0.25, 0.3) is 0 Å². The first-order chi connectivity index (χ1) is 6.79. The van der Waals surface area contributed by atoms with Crippen LogP contribution in [0.4, 0.5) is 0 Å². The maximum atomic E-state index is 11.8. The van der Waals surface area contributed by atoms with Crippen molar-refractivity contribution in [2.45, 2.75) is 18.9 Å². The molecule has 1 atom stereocenters. The number of likely N-dealkylation sites (tertiary alicyclic amines) is 1. The number of benzene rings is 1. The molecule has 74 valence electrons. The highest BCUT2D eigenvalue weighted by molar-refractivity contribution is 5.85. The number of likely N-dealkylation sites (N-methyl/N-ethyl adjacent to an activating group) is 1. The van der Waals surface area contributed by atoms with Crippen LogP contribution in [0, 0.1) is 0 Å². The van der Waals surface area contributed by atoms with E-state index in [9.17, 15) is 4.79 Å². The lowest BCUT2D eigenvalue weighted by molar-refractivity contribution is -0.126. The van der Waals surface area contributed by atoms with Crippen molar-refractivity contribution in [2.75, 3.05) is 13.6 Å². The van der Waals surface area contributed by atoms with Crippen LogP contribution in [0.3, 0.4) is 0 Å². The van der Waals surface area contributed by atoms with E-state index in [1.807, 2.05) is 37.4 Å². The van der Waals surface area contributed by atoms with Crippen LogP contribution < -0.4 is 0 Å². The fraction of sp³-hybridized carbons (Fsp3) is 0.417. The molecule has 0 amide bonds. The van der Waals surface area contributed by atoms with Crippen LogP contribution in [0.25, 0.3) is 0 Å². The molecule has 0 unspecified atom stereocenters. The van der Waals surface area contributed by atoms with E-state index in [1.54, 1.807) is 0 Å². The Morgan fingerprint density at radius 1 is 1.29 bits per heavy atom. The normalized spacial score (nSPS) is 23.8. The third kappa shape index (κ3) is 1.70. The van der Waals surface area contributed by atoms with Crippen LogP contribution >= 0.6 is 0 Å². The minimum Gasteiger partial charge on any atom is -0.298 e. The Kier molecular flexibility index (Phi) is 2.64. The number of nitrogens with zero attached hydrogens (tertiary/aromatic N) is 1. The van der Waals surface area contributed by atoms with Crippen LogP contribution in [0.5, 0.6) is 0 Å². The van der Waals surface area contributed by atoms with Crippen molar-refractivity contribution in [1.29, 1.82) is 0 Å². The number of piperidine rings is 1. The van der Waals surface area contributed by atoms with Crippen molar-refractivity contribution < 1.29 is 4.79 Å². The van der Waals surface area contributed by atoms with Crippen LogP contribution in [0.2, 0.25) is 0 Å². The van der Waals surface area contributed by atoms with Gasteiger partial charge in [-0.2, -0.15) is 0 Å². The SMILES string of the molecule is CN1CCCC(=O)[C@H]1c1ccccc1. The fourth-order valence-electron chi connectivity index (χ4n) is 2.09. The summed E-state index contributed by atoms with van der Waals surface area (Å²) >= 11 is 0. The molecule has 1 aromatic carbocycles. The van der Waals surface area contributed by atoms with Gasteiger partial charge in [-0.15, -0.1) is 0 Å². The molecular weight excluding hydrogens is 174 g/mol. The van der Waals surface area contributed by atoms with Crippen LogP contribution in [-0.2, 0) is 4.79 Å². The number of ketones is 1. The quantitative estimate of drug-likeness (QED) is 0.673. The Morgan fingerprint density at radius 2 is 2.00 bits per heavy atom. The average Bonchev–Trinajstić information content (AvgIpc) is 2.19. The number of carbonyl (C=O) groups is 1. The molecule has 0 spiro atoms. The van der Waals surface area contributed by atoms with Crippen molar-refractivity contribution in [1.82, 2.24) is 4.90 Å². The molecule has 1 aliphatic heterocycles. The maximum absolute atomic E-state index is 11.8. The summed E-state index contributed by atoms with van der Waals surface area (Å²) in [5.41, 5.74) is 1.12. The van der Waals surface area contributed by atoms with Gasteiger partial charge >= 0.3 is 0 Å². The van der Waals surface area contributed by atoms with Gasteiger partial charge < -0.3 is 0 Å². The summed E-state index contributed by atoms with van der Waals surface area (Å²) in [5, 5.41) is 0. The molecule has 0 saturated carbocycles. The minimum absolute atomic E-state index is 0.00931. The molecule has 1 aromatic rings. The molecule has 0 N–H and O–H groups in total. The predicted octanol–water partition coefficient (Wildman–Crippen LogP) is 2.02. The summed E-state index contributed by atoms with van der Waals surface area (Å²) in [4.78, 5) is 13.9. The molecule has 0 bridgehead atoms. The number of rotatable bonds is 1. The zero-order chi connectivity index (χ0) is 9.97. The highest BCUT2D eigenvalue weighted by Gasteiger charge is 2.27. The monoisotopic (exact) mass is 189 g/mol. The highest BCUT2D eigenvalue weighted by atomic mass is 16.1. The van der Waals surface area contributed by atoms with E-state index in [1.165, 1.54) is 0 Å². The van der Waals surface area contributed by atoms with Crippen LogP contribution in [-0.4, -0.2) is 24.3 Å². The molecule has 0 aliphatic carbocycles. The topological polar surface area (TPSA) is 20.3 Å². The van der Waals surface area contributed by atoms with Crippen molar-refractivity contribution in [3.63, 3.8) is 0 Å². The van der Waals surface area contributed by atoms with Gasteiger partial charge in [-0.25, -0.2) is 0 Å². The second-order valence-electron chi connectivity index (χ2n) is 3.86. The molecule has 2 rings (SSSR count). The van der Waals surface area contributed by atoms with E-state index in [0.29, 0.717) is 5.78 Å². The van der Waals surface area contributed by atoms with Crippen molar-refractivity contribution in [2.24, 2.45) is 0 Å². The van der Waals surface area contributed by atoms with E-state index < -0.39 is 0 Å². The molecule has 1 fully saturated rings. The van der Waals surface area contributed by atoms with E-state index in [-0.39, 0.29) is 6.04 Å². The Hall–Kier alpha value is -1.15. The maximum Gasteiger partial charge on any atom is 0.154 e. The lowest BCUT2D eigenvalue weighted by Crippen LogP contribution is -2.36. The third-order valence-electron chi connectivity index (χ3n) is 2.80. The predicted molar refractivity (Wildman–Crippen MR) is 56.1 cm³/mol. The Labute approximate surface area is 84.5 Å². The van der Waals surface area contributed by atoms with Gasteiger partial charge in [0.1, 0.15) is 0 Å². The number of carbonyl (C=O) groups excluding carboxylic acids is 1. The molecule has 2 heteroatoms. The second kappa shape index (κ2) is 3.93. The summed E-state index contributed by atoms with van der Waals surface area (Å²) in [6.07, 6.45) is 1.72. The van der Waals surface area contributed by atoms with E-state index in [4.69, 9.17) is 0 Å². The van der Waals surface area contributed by atoms with E-state index >= 15 is 0 Å². The summed E-state index contributed by atoms with van der Waals surface area (Å²) < 4.78 is 0. The van der Waals surface area contributed by atoms with Crippen molar-refractivity contribution in [3.8, 4) is 0 Å². The van der Waals surface area contributed by atoms with Gasteiger partial charge in [0.2, 0.25) is 0 Å². The molecule has 14 heavy (non-hydrogen) atoms. The number of hydrogen-bond donors (Lipinski definition) is 0. The highest BCUT2D eigenvalue weighted by Crippen LogP contribution is 2.26. The van der Waals surface area contributed by atoms with Crippen molar-refractivity contribution in [3.05, 3.63) is 35.9 Å². The summed E-state index contributed by atoms with van der Waals surface area (Å²) in [5.74, 6) is 0.352. The molecule has 1 aliphatic rings. The second-order valence-corrected chi connectivity index (χ2v) is 3.86. The lowest BCUT2D eigenvalue weighted by Gasteiger charge is -2.31. The molecule has 1 heterocycles. The Balaban J connectivity index is 2.27. The average molecular weight is 189 g/mol.